The van der Waals surface area contributed by atoms with E-state index >= 15 is 0 Å². The molecule has 0 radical (unpaired) electrons. The number of carbonyl (C=O) groups excluding carboxylic acids is 1. The Bertz CT molecular complexity index is 1000. The van der Waals surface area contributed by atoms with Crippen LogP contribution in [-0.4, -0.2) is 29.7 Å². The summed E-state index contributed by atoms with van der Waals surface area (Å²) >= 11 is 1.61. The van der Waals surface area contributed by atoms with Crippen molar-refractivity contribution in [3.63, 3.8) is 0 Å². The molecule has 0 spiro atoms. The molecule has 1 aliphatic heterocycles. The number of amides is 1. The molecule has 0 saturated carbocycles. The van der Waals surface area contributed by atoms with Crippen molar-refractivity contribution in [1.29, 1.82) is 0 Å². The van der Waals surface area contributed by atoms with E-state index in [1.54, 1.807) is 25.2 Å². The van der Waals surface area contributed by atoms with Gasteiger partial charge < -0.3 is 9.64 Å². The minimum atomic E-state index is -0.777. The van der Waals surface area contributed by atoms with Gasteiger partial charge in [0.25, 0.3) is 0 Å². The fraction of sp³-hybridized carbons (Fsp3) is 0.227. The molecule has 1 heterocycles. The smallest absolute Gasteiger partial charge is 0.213 e. The summed E-state index contributed by atoms with van der Waals surface area (Å²) in [6.07, 6.45) is 4.33. The van der Waals surface area contributed by atoms with Crippen molar-refractivity contribution in [3.05, 3.63) is 70.9 Å². The molecule has 0 atom stereocenters. The van der Waals surface area contributed by atoms with E-state index in [2.05, 4.69) is 4.31 Å². The highest BCUT2D eigenvalue weighted by molar-refractivity contribution is 7.97. The van der Waals surface area contributed by atoms with Gasteiger partial charge in [-0.25, -0.2) is 13.1 Å². The topological polar surface area (TPSA) is 32.8 Å². The molecule has 0 unspecified atom stereocenters. The third-order valence-electron chi connectivity index (χ3n) is 4.19. The number of ether oxygens (including phenoxy) is 1. The van der Waals surface area contributed by atoms with Crippen LogP contribution < -0.4 is 4.74 Å². The van der Waals surface area contributed by atoms with Gasteiger partial charge in [-0.15, -0.1) is 0 Å². The molecule has 29 heavy (non-hydrogen) atoms. The molecule has 1 amide bonds. The van der Waals surface area contributed by atoms with Crippen molar-refractivity contribution in [3.8, 4) is 11.5 Å². The van der Waals surface area contributed by atoms with E-state index in [1.165, 1.54) is 11.0 Å². The van der Waals surface area contributed by atoms with E-state index in [-0.39, 0.29) is 5.75 Å². The molecule has 1 aliphatic rings. The van der Waals surface area contributed by atoms with Crippen LogP contribution in [0.1, 0.15) is 25.0 Å². The number of allylic oxidation sites excluding steroid dienone is 3. The average Bonchev–Trinajstić information content (AvgIpc) is 3.01. The molecule has 4 nitrogen and oxygen atoms in total. The van der Waals surface area contributed by atoms with E-state index < -0.39 is 11.6 Å². The first-order valence-electron chi connectivity index (χ1n) is 9.00. The van der Waals surface area contributed by atoms with Gasteiger partial charge in [-0.2, -0.15) is 0 Å². The standard InChI is InChI=1S/C22H22F2N2O2S/c1-14(2)7-15(11-25(3)13-27)18-10-22-16(12-26(4)29-22)8-21(18)28-20-6-5-17(23)9-19(20)24/h5-11,13H,12H2,1-4H3/b15-11+. The van der Waals surface area contributed by atoms with Crippen molar-refractivity contribution in [2.24, 2.45) is 0 Å². The maximum absolute atomic E-state index is 14.2. The second kappa shape index (κ2) is 8.80. The molecule has 7 heteroatoms. The number of benzene rings is 2. The molecular formula is C22H22F2N2O2S. The van der Waals surface area contributed by atoms with Gasteiger partial charge in [-0.1, -0.05) is 11.6 Å². The lowest BCUT2D eigenvalue weighted by atomic mass is 10.0. The molecule has 152 valence electrons. The van der Waals surface area contributed by atoms with Crippen molar-refractivity contribution < 1.29 is 18.3 Å². The van der Waals surface area contributed by atoms with Gasteiger partial charge in [0.1, 0.15) is 11.6 Å². The predicted octanol–water partition coefficient (Wildman–Crippen LogP) is 5.60. The molecule has 3 rings (SSSR count). The highest BCUT2D eigenvalue weighted by Gasteiger charge is 2.22. The summed E-state index contributed by atoms with van der Waals surface area (Å²) in [5.41, 5.74) is 3.54. The summed E-state index contributed by atoms with van der Waals surface area (Å²) in [5.74, 6) is -1.07. The minimum absolute atomic E-state index is 0.0631. The van der Waals surface area contributed by atoms with Crippen LogP contribution >= 0.6 is 11.9 Å². The molecule has 0 fully saturated rings. The SMILES string of the molecule is CC(C)=C/C(=C\N(C)C=O)c1cc2c(cc1Oc1ccc(F)cc1F)CN(C)S2. The number of hydrogen-bond donors (Lipinski definition) is 0. The van der Waals surface area contributed by atoms with Gasteiger partial charge in [-0.3, -0.25) is 4.79 Å². The van der Waals surface area contributed by atoms with Crippen molar-refractivity contribution in [2.45, 2.75) is 25.3 Å². The third-order valence-corrected chi connectivity index (χ3v) is 5.21. The highest BCUT2D eigenvalue weighted by atomic mass is 32.2. The first-order valence-corrected chi connectivity index (χ1v) is 9.77. The Balaban J connectivity index is 2.15. The van der Waals surface area contributed by atoms with Crippen LogP contribution in [0.25, 0.3) is 5.57 Å². The third kappa shape index (κ3) is 5.05. The lowest BCUT2D eigenvalue weighted by molar-refractivity contribution is -0.114. The van der Waals surface area contributed by atoms with Crippen molar-refractivity contribution in [1.82, 2.24) is 9.21 Å². The predicted molar refractivity (Wildman–Crippen MR) is 111 cm³/mol. The zero-order valence-electron chi connectivity index (χ0n) is 16.7. The van der Waals surface area contributed by atoms with Crippen LogP contribution in [0.15, 0.2) is 53.1 Å². The summed E-state index contributed by atoms with van der Waals surface area (Å²) in [4.78, 5) is 13.6. The summed E-state index contributed by atoms with van der Waals surface area (Å²) in [6, 6.07) is 7.06. The van der Waals surface area contributed by atoms with Crippen LogP contribution in [-0.2, 0) is 11.3 Å². The molecular weight excluding hydrogens is 394 g/mol. The molecule has 0 N–H and O–H groups in total. The van der Waals surface area contributed by atoms with E-state index in [9.17, 15) is 13.6 Å². The highest BCUT2D eigenvalue weighted by Crippen LogP contribution is 2.42. The summed E-state index contributed by atoms with van der Waals surface area (Å²) in [7, 11) is 3.62. The number of carbonyl (C=O) groups is 1. The molecule has 0 aromatic heterocycles. The van der Waals surface area contributed by atoms with Gasteiger partial charge in [0.05, 0.1) is 0 Å². The monoisotopic (exact) mass is 416 g/mol. The molecule has 0 saturated heterocycles. The normalized spacial score (nSPS) is 13.8. The Morgan fingerprint density at radius 1 is 1.21 bits per heavy atom. The molecule has 2 aromatic carbocycles. The van der Waals surface area contributed by atoms with Gasteiger partial charge >= 0.3 is 0 Å². The van der Waals surface area contributed by atoms with Crippen LogP contribution in [0.5, 0.6) is 11.5 Å². The number of hydrogen-bond acceptors (Lipinski definition) is 4. The maximum Gasteiger partial charge on any atom is 0.213 e. The second-order valence-electron chi connectivity index (χ2n) is 7.09. The Kier molecular flexibility index (Phi) is 6.39. The van der Waals surface area contributed by atoms with E-state index in [4.69, 9.17) is 4.74 Å². The lowest BCUT2D eigenvalue weighted by Gasteiger charge is -2.16. The van der Waals surface area contributed by atoms with Gasteiger partial charge in [0.2, 0.25) is 6.41 Å². The Labute approximate surface area is 173 Å². The van der Waals surface area contributed by atoms with E-state index in [1.807, 2.05) is 39.1 Å². The minimum Gasteiger partial charge on any atom is -0.454 e. The molecule has 0 bridgehead atoms. The maximum atomic E-state index is 14.2. The lowest BCUT2D eigenvalue weighted by Crippen LogP contribution is -2.08. The number of halogens is 2. The Hall–Kier alpha value is -2.64. The first-order chi connectivity index (χ1) is 13.8. The van der Waals surface area contributed by atoms with Crippen LogP contribution in [0, 0.1) is 11.6 Å². The molecule has 2 aromatic rings. The van der Waals surface area contributed by atoms with Crippen molar-refractivity contribution >= 4 is 23.9 Å². The quantitative estimate of drug-likeness (QED) is 0.348. The largest absolute Gasteiger partial charge is 0.454 e. The number of fused-ring (bicyclic) bond motifs is 1. The van der Waals surface area contributed by atoms with Gasteiger partial charge in [0, 0.05) is 41.9 Å². The van der Waals surface area contributed by atoms with E-state index in [0.717, 1.165) is 40.3 Å². The summed E-state index contributed by atoms with van der Waals surface area (Å²) in [6.45, 7) is 4.62. The summed E-state index contributed by atoms with van der Waals surface area (Å²) < 4.78 is 35.5. The average molecular weight is 416 g/mol. The Morgan fingerprint density at radius 2 is 1.97 bits per heavy atom. The Morgan fingerprint density at radius 3 is 2.62 bits per heavy atom. The number of nitrogens with zero attached hydrogens (tertiary/aromatic N) is 2. The number of rotatable bonds is 6. The fourth-order valence-electron chi connectivity index (χ4n) is 2.98. The van der Waals surface area contributed by atoms with Crippen LogP contribution in [0.4, 0.5) is 8.78 Å². The van der Waals surface area contributed by atoms with Gasteiger partial charge in [0.15, 0.2) is 11.6 Å². The molecule has 0 aliphatic carbocycles. The first kappa shape index (κ1) is 21.1. The van der Waals surface area contributed by atoms with Crippen LogP contribution in [0.2, 0.25) is 0 Å². The zero-order valence-corrected chi connectivity index (χ0v) is 17.5. The summed E-state index contributed by atoms with van der Waals surface area (Å²) in [5, 5.41) is 0. The second-order valence-corrected chi connectivity index (χ2v) is 8.33. The van der Waals surface area contributed by atoms with Crippen LogP contribution in [0.3, 0.4) is 0 Å². The fourth-order valence-corrected chi connectivity index (χ4v) is 3.93. The van der Waals surface area contributed by atoms with Crippen molar-refractivity contribution in [2.75, 3.05) is 14.1 Å². The zero-order chi connectivity index (χ0) is 21.1. The van der Waals surface area contributed by atoms with E-state index in [0.29, 0.717) is 17.7 Å². The van der Waals surface area contributed by atoms with Gasteiger partial charge in [-0.05, 0) is 62.7 Å².